The number of benzene rings is 4. The Kier molecular flexibility index (Phi) is 8.33. The minimum absolute atomic E-state index is 0.119. The molecule has 4 rings (SSSR count). The second-order valence-electron chi connectivity index (χ2n) is 8.86. The third kappa shape index (κ3) is 6.01. The first kappa shape index (κ1) is 28.4. The van der Waals surface area contributed by atoms with Gasteiger partial charge in [0.2, 0.25) is 0 Å². The van der Waals surface area contributed by atoms with E-state index in [-0.39, 0.29) is 17.4 Å². The second-order valence-corrected chi connectivity index (χ2v) is 8.86. The van der Waals surface area contributed by atoms with Gasteiger partial charge in [0.05, 0.1) is 11.1 Å². The van der Waals surface area contributed by atoms with Gasteiger partial charge in [0.15, 0.2) is 11.5 Å². The van der Waals surface area contributed by atoms with Crippen LogP contribution in [-0.2, 0) is 0 Å². The van der Waals surface area contributed by atoms with Crippen LogP contribution in [0.4, 0.5) is 0 Å². The van der Waals surface area contributed by atoms with E-state index in [2.05, 4.69) is 6.92 Å². The van der Waals surface area contributed by atoms with Crippen molar-refractivity contribution in [2.24, 2.45) is 0 Å². The van der Waals surface area contributed by atoms with Crippen LogP contribution in [0.2, 0.25) is 0 Å². The fraction of sp³-hybridized carbons (Fsp3) is 0.0968. The highest BCUT2D eigenvalue weighted by Gasteiger charge is 2.29. The Bertz CT molecular complexity index is 1630. The standard InChI is InChI=1S/C31H24O10/c1-2-20(17-7-4-3-5-8-17)18-11-13-19(14-12-18)40-24-16-15-22(29(34)35)26(31(38)39)27(24)41-23-10-6-9-21(28(32)33)25(23)30(36)37/h3-16,20H,2H2,1H3,(H,32,33)(H,34,35)(H,36,37)(H,38,39). The lowest BCUT2D eigenvalue weighted by atomic mass is 9.89. The topological polar surface area (TPSA) is 168 Å². The predicted octanol–water partition coefficient (Wildman–Crippen LogP) is 6.61. The summed E-state index contributed by atoms with van der Waals surface area (Å²) in [6.07, 6.45) is 0.835. The van der Waals surface area contributed by atoms with E-state index in [4.69, 9.17) is 9.47 Å². The number of ether oxygens (including phenoxy) is 2. The van der Waals surface area contributed by atoms with E-state index in [1.807, 2.05) is 42.5 Å². The molecule has 208 valence electrons. The zero-order valence-electron chi connectivity index (χ0n) is 21.6. The van der Waals surface area contributed by atoms with E-state index in [0.717, 1.165) is 35.7 Å². The van der Waals surface area contributed by atoms with Crippen molar-refractivity contribution in [1.29, 1.82) is 0 Å². The monoisotopic (exact) mass is 556 g/mol. The SMILES string of the molecule is CCC(c1ccccc1)c1ccc(Oc2ccc(C(=O)O)c(C(=O)O)c2Oc2cccc(C(=O)O)c2C(=O)O)cc1. The zero-order valence-corrected chi connectivity index (χ0v) is 21.6. The van der Waals surface area contributed by atoms with Gasteiger partial charge >= 0.3 is 23.9 Å². The molecule has 10 heteroatoms. The Morgan fingerprint density at radius 1 is 0.585 bits per heavy atom. The molecule has 1 unspecified atom stereocenters. The summed E-state index contributed by atoms with van der Waals surface area (Å²) in [5, 5.41) is 38.7. The van der Waals surface area contributed by atoms with Gasteiger partial charge in [-0.05, 0) is 53.9 Å². The predicted molar refractivity (Wildman–Crippen MR) is 146 cm³/mol. The summed E-state index contributed by atoms with van der Waals surface area (Å²) in [7, 11) is 0. The van der Waals surface area contributed by atoms with E-state index in [0.29, 0.717) is 0 Å². The van der Waals surface area contributed by atoms with Crippen LogP contribution in [0.5, 0.6) is 23.0 Å². The number of hydrogen-bond donors (Lipinski definition) is 4. The van der Waals surface area contributed by atoms with Gasteiger partial charge in [-0.1, -0.05) is 55.5 Å². The molecule has 4 aromatic rings. The van der Waals surface area contributed by atoms with Gasteiger partial charge in [-0.15, -0.1) is 0 Å². The van der Waals surface area contributed by atoms with Gasteiger partial charge in [-0.25, -0.2) is 19.2 Å². The first-order valence-corrected chi connectivity index (χ1v) is 12.4. The largest absolute Gasteiger partial charge is 0.478 e. The summed E-state index contributed by atoms with van der Waals surface area (Å²) in [6.45, 7) is 2.06. The van der Waals surface area contributed by atoms with Gasteiger partial charge in [-0.2, -0.15) is 0 Å². The molecule has 1 atom stereocenters. The lowest BCUT2D eigenvalue weighted by Crippen LogP contribution is -2.13. The molecule has 0 heterocycles. The average Bonchev–Trinajstić information content (AvgIpc) is 2.95. The molecule has 0 fully saturated rings. The molecule has 4 N–H and O–H groups in total. The van der Waals surface area contributed by atoms with Gasteiger partial charge in [-0.3, -0.25) is 0 Å². The van der Waals surface area contributed by atoms with Crippen molar-refractivity contribution in [2.45, 2.75) is 19.3 Å². The van der Waals surface area contributed by atoms with E-state index >= 15 is 0 Å². The Balaban J connectivity index is 1.79. The smallest absolute Gasteiger partial charge is 0.340 e. The van der Waals surface area contributed by atoms with Crippen molar-refractivity contribution in [3.63, 3.8) is 0 Å². The molecule has 4 aromatic carbocycles. The lowest BCUT2D eigenvalue weighted by Gasteiger charge is -2.19. The van der Waals surface area contributed by atoms with Crippen LogP contribution < -0.4 is 9.47 Å². The molecule has 41 heavy (non-hydrogen) atoms. The molecule has 0 aromatic heterocycles. The normalized spacial score (nSPS) is 11.3. The molecule has 0 spiro atoms. The summed E-state index contributed by atoms with van der Waals surface area (Å²) in [6, 6.07) is 22.5. The molecule has 10 nitrogen and oxygen atoms in total. The second kappa shape index (κ2) is 12.0. The van der Waals surface area contributed by atoms with Gasteiger partial charge in [0.25, 0.3) is 0 Å². The Morgan fingerprint density at radius 3 is 1.73 bits per heavy atom. The van der Waals surface area contributed by atoms with Gasteiger partial charge in [0.1, 0.15) is 22.6 Å². The molecule has 0 aliphatic rings. The Morgan fingerprint density at radius 2 is 1.17 bits per heavy atom. The molecular weight excluding hydrogens is 532 g/mol. The van der Waals surface area contributed by atoms with E-state index in [1.165, 1.54) is 12.1 Å². The quantitative estimate of drug-likeness (QED) is 0.158. The molecule has 0 aliphatic carbocycles. The van der Waals surface area contributed by atoms with Crippen molar-refractivity contribution in [3.8, 4) is 23.0 Å². The number of hydrogen-bond acceptors (Lipinski definition) is 6. The highest BCUT2D eigenvalue weighted by atomic mass is 16.5. The maximum Gasteiger partial charge on any atom is 0.340 e. The minimum atomic E-state index is -1.68. The Hall–Kier alpha value is -5.64. The zero-order chi connectivity index (χ0) is 29.7. The summed E-state index contributed by atoms with van der Waals surface area (Å²) < 4.78 is 11.6. The number of carbonyl (C=O) groups is 4. The van der Waals surface area contributed by atoms with E-state index < -0.39 is 57.6 Å². The fourth-order valence-electron chi connectivity index (χ4n) is 4.51. The lowest BCUT2D eigenvalue weighted by molar-refractivity contribution is 0.0645. The first-order chi connectivity index (χ1) is 19.6. The highest BCUT2D eigenvalue weighted by Crippen LogP contribution is 2.41. The summed E-state index contributed by atoms with van der Waals surface area (Å²) >= 11 is 0. The van der Waals surface area contributed by atoms with Crippen molar-refractivity contribution in [3.05, 3.63) is 118 Å². The highest BCUT2D eigenvalue weighted by molar-refractivity contribution is 6.06. The van der Waals surface area contributed by atoms with Gasteiger partial charge in [0, 0.05) is 5.92 Å². The van der Waals surface area contributed by atoms with Crippen molar-refractivity contribution in [2.75, 3.05) is 0 Å². The van der Waals surface area contributed by atoms with Crippen LogP contribution in [0.3, 0.4) is 0 Å². The molecule has 0 amide bonds. The van der Waals surface area contributed by atoms with Crippen LogP contribution >= 0.6 is 0 Å². The summed E-state index contributed by atoms with van der Waals surface area (Å²) in [5.74, 6) is -7.43. The van der Waals surface area contributed by atoms with Crippen molar-refractivity contribution < 1.29 is 49.1 Å². The van der Waals surface area contributed by atoms with Gasteiger partial charge < -0.3 is 29.9 Å². The number of carboxylic acid groups (broad SMARTS) is 4. The Labute approximate surface area is 233 Å². The molecule has 0 radical (unpaired) electrons. The van der Waals surface area contributed by atoms with Crippen molar-refractivity contribution >= 4 is 23.9 Å². The maximum absolute atomic E-state index is 12.2. The van der Waals surface area contributed by atoms with Crippen LogP contribution in [0.25, 0.3) is 0 Å². The van der Waals surface area contributed by atoms with Crippen LogP contribution in [0, 0.1) is 0 Å². The van der Waals surface area contributed by atoms with E-state index in [9.17, 15) is 39.6 Å². The van der Waals surface area contributed by atoms with E-state index in [1.54, 1.807) is 12.1 Å². The minimum Gasteiger partial charge on any atom is -0.478 e. The molecule has 0 bridgehead atoms. The maximum atomic E-state index is 12.2. The van der Waals surface area contributed by atoms with Crippen LogP contribution in [0.1, 0.15) is 71.8 Å². The fourth-order valence-corrected chi connectivity index (χ4v) is 4.51. The average molecular weight is 557 g/mol. The van der Waals surface area contributed by atoms with Crippen LogP contribution in [-0.4, -0.2) is 44.3 Å². The number of carboxylic acids is 4. The number of aromatic carboxylic acids is 4. The number of rotatable bonds is 11. The van der Waals surface area contributed by atoms with Crippen LogP contribution in [0.15, 0.2) is 84.9 Å². The molecule has 0 saturated carbocycles. The summed E-state index contributed by atoms with van der Waals surface area (Å²) in [5.41, 5.74) is -0.671. The third-order valence-electron chi connectivity index (χ3n) is 6.37. The first-order valence-electron chi connectivity index (χ1n) is 12.4. The molecule has 0 saturated heterocycles. The molecular formula is C31H24O10. The van der Waals surface area contributed by atoms with Crippen molar-refractivity contribution in [1.82, 2.24) is 0 Å². The molecule has 0 aliphatic heterocycles. The summed E-state index contributed by atoms with van der Waals surface area (Å²) in [4.78, 5) is 47.6. The third-order valence-corrected chi connectivity index (χ3v) is 6.37.